The second-order valence-electron chi connectivity index (χ2n) is 7.75. The fourth-order valence-electron chi connectivity index (χ4n) is 4.61. The Bertz CT molecular complexity index is 875. The smallest absolute Gasteiger partial charge is 0.227 e. The topological polar surface area (TPSA) is 65.2 Å². The summed E-state index contributed by atoms with van der Waals surface area (Å²) < 4.78 is 13.6. The van der Waals surface area contributed by atoms with Crippen molar-refractivity contribution in [2.24, 2.45) is 11.8 Å². The molecule has 2 aromatic rings. The average molecular weight is 357 g/mol. The first-order valence-electron chi connectivity index (χ1n) is 9.21. The number of piperidine rings is 1. The van der Waals surface area contributed by atoms with Crippen molar-refractivity contribution in [1.82, 2.24) is 15.2 Å². The molecule has 0 spiro atoms. The van der Waals surface area contributed by atoms with Crippen molar-refractivity contribution in [3.05, 3.63) is 35.3 Å². The van der Waals surface area contributed by atoms with Gasteiger partial charge < -0.3 is 15.2 Å². The molecular formula is C20H24FN3O2. The van der Waals surface area contributed by atoms with Crippen LogP contribution in [0.25, 0.3) is 10.9 Å². The molecule has 138 valence electrons. The maximum Gasteiger partial charge on any atom is 0.227 e. The Morgan fingerprint density at radius 1 is 1.31 bits per heavy atom. The van der Waals surface area contributed by atoms with Gasteiger partial charge in [0, 0.05) is 42.7 Å². The number of nitrogens with one attached hydrogen (secondary N) is 2. The summed E-state index contributed by atoms with van der Waals surface area (Å²) in [6.07, 6.45) is 2.66. The predicted octanol–water partition coefficient (Wildman–Crippen LogP) is 2.53. The number of halogens is 1. The van der Waals surface area contributed by atoms with Gasteiger partial charge in [-0.3, -0.25) is 9.59 Å². The third-order valence-corrected chi connectivity index (χ3v) is 6.18. The van der Waals surface area contributed by atoms with E-state index in [-0.39, 0.29) is 30.1 Å². The van der Waals surface area contributed by atoms with Crippen molar-refractivity contribution in [3.8, 4) is 0 Å². The minimum Gasteiger partial charge on any atom is -0.358 e. The molecule has 2 N–H and O–H groups in total. The van der Waals surface area contributed by atoms with Gasteiger partial charge in [-0.15, -0.1) is 0 Å². The third kappa shape index (κ3) is 2.97. The molecule has 1 aliphatic carbocycles. The number of carbonyl (C=O) groups excluding carboxylic acids is 2. The molecule has 6 heteroatoms. The number of rotatable bonds is 3. The van der Waals surface area contributed by atoms with Crippen molar-refractivity contribution >= 4 is 22.7 Å². The van der Waals surface area contributed by atoms with Crippen molar-refractivity contribution < 1.29 is 14.0 Å². The van der Waals surface area contributed by atoms with Gasteiger partial charge in [0.25, 0.3) is 0 Å². The van der Waals surface area contributed by atoms with Crippen molar-refractivity contribution in [3.63, 3.8) is 0 Å². The molecule has 5 nitrogen and oxygen atoms in total. The molecule has 0 unspecified atom stereocenters. The molecule has 1 aliphatic heterocycles. The van der Waals surface area contributed by atoms with Gasteiger partial charge in [0.2, 0.25) is 11.8 Å². The van der Waals surface area contributed by atoms with Crippen LogP contribution in [0.1, 0.15) is 30.5 Å². The van der Waals surface area contributed by atoms with E-state index in [1.807, 2.05) is 18.9 Å². The Labute approximate surface area is 151 Å². The lowest BCUT2D eigenvalue weighted by Crippen LogP contribution is -2.38. The first-order chi connectivity index (χ1) is 12.4. The van der Waals surface area contributed by atoms with Crippen molar-refractivity contribution in [2.75, 3.05) is 13.6 Å². The molecule has 3 atom stereocenters. The highest BCUT2D eigenvalue weighted by atomic mass is 19.1. The van der Waals surface area contributed by atoms with E-state index in [9.17, 15) is 14.0 Å². The number of H-pyrrole nitrogens is 1. The van der Waals surface area contributed by atoms with E-state index in [0.717, 1.165) is 41.5 Å². The van der Waals surface area contributed by atoms with Gasteiger partial charge in [-0.25, -0.2) is 4.39 Å². The Hall–Kier alpha value is -2.37. The number of hydrogen-bond acceptors (Lipinski definition) is 2. The lowest BCUT2D eigenvalue weighted by molar-refractivity contribution is -0.131. The summed E-state index contributed by atoms with van der Waals surface area (Å²) in [6.45, 7) is 2.64. The van der Waals surface area contributed by atoms with Gasteiger partial charge in [-0.2, -0.15) is 0 Å². The molecule has 26 heavy (non-hydrogen) atoms. The highest BCUT2D eigenvalue weighted by Gasteiger charge is 2.40. The Kier molecular flexibility index (Phi) is 4.21. The third-order valence-electron chi connectivity index (χ3n) is 6.18. The first kappa shape index (κ1) is 17.1. The van der Waals surface area contributed by atoms with Gasteiger partial charge in [-0.05, 0) is 55.4 Å². The minimum absolute atomic E-state index is 0.0428. The van der Waals surface area contributed by atoms with E-state index in [1.165, 1.54) is 12.1 Å². The second-order valence-corrected chi connectivity index (χ2v) is 7.75. The summed E-state index contributed by atoms with van der Waals surface area (Å²) in [5, 5.41) is 3.71. The average Bonchev–Trinajstić information content (AvgIpc) is 3.15. The first-order valence-corrected chi connectivity index (χ1v) is 9.21. The van der Waals surface area contributed by atoms with Crippen LogP contribution in [0.4, 0.5) is 4.39 Å². The number of carbonyl (C=O) groups is 2. The molecule has 1 saturated heterocycles. The van der Waals surface area contributed by atoms with E-state index < -0.39 is 0 Å². The number of aromatic nitrogens is 1. The zero-order valence-corrected chi connectivity index (χ0v) is 15.1. The largest absolute Gasteiger partial charge is 0.358 e. The summed E-state index contributed by atoms with van der Waals surface area (Å²) in [5.74, 6) is 0.721. The minimum atomic E-state index is -0.296. The van der Waals surface area contributed by atoms with Crippen LogP contribution in [0.15, 0.2) is 18.2 Å². The maximum atomic E-state index is 13.6. The molecule has 1 saturated carbocycles. The van der Waals surface area contributed by atoms with Crippen LogP contribution in [0, 0.1) is 24.6 Å². The highest BCUT2D eigenvalue weighted by Crippen LogP contribution is 2.38. The van der Waals surface area contributed by atoms with Crippen LogP contribution >= 0.6 is 0 Å². The second kappa shape index (κ2) is 6.41. The standard InChI is InChI=1S/C20H24FN3O2/c1-11-16(17-8-14(21)3-4-18(17)23-11)9-20(26)24(2)15-5-12-7-19(25)22-10-13(12)6-15/h3-4,8,12-13,15,23H,5-7,9-10H2,1-2H3,(H,22,25)/t12-,13+,15-/m1/s1. The quantitative estimate of drug-likeness (QED) is 0.887. The molecule has 2 fully saturated rings. The number of benzene rings is 1. The van der Waals surface area contributed by atoms with E-state index >= 15 is 0 Å². The molecule has 4 rings (SSSR count). The molecule has 2 aliphatic rings. The van der Waals surface area contributed by atoms with Crippen LogP contribution in [-0.4, -0.2) is 41.3 Å². The van der Waals surface area contributed by atoms with Gasteiger partial charge in [0.1, 0.15) is 5.82 Å². The Balaban J connectivity index is 1.49. The van der Waals surface area contributed by atoms with Gasteiger partial charge in [-0.1, -0.05) is 0 Å². The molecule has 1 aromatic carbocycles. The Morgan fingerprint density at radius 2 is 2.08 bits per heavy atom. The number of likely N-dealkylation sites (N-methyl/N-ethyl adjacent to an activating group) is 1. The lowest BCUT2D eigenvalue weighted by atomic mass is 9.89. The number of nitrogens with zero attached hydrogens (tertiary/aromatic N) is 1. The number of aryl methyl sites for hydroxylation is 1. The Morgan fingerprint density at radius 3 is 2.88 bits per heavy atom. The summed E-state index contributed by atoms with van der Waals surface area (Å²) in [7, 11) is 1.85. The number of fused-ring (bicyclic) bond motifs is 2. The summed E-state index contributed by atoms with van der Waals surface area (Å²) in [6, 6.07) is 4.79. The predicted molar refractivity (Wildman–Crippen MR) is 97.1 cm³/mol. The lowest BCUT2D eigenvalue weighted by Gasteiger charge is -2.25. The highest BCUT2D eigenvalue weighted by molar-refractivity contribution is 5.90. The van der Waals surface area contributed by atoms with Crippen molar-refractivity contribution in [1.29, 1.82) is 0 Å². The molecule has 2 heterocycles. The van der Waals surface area contributed by atoms with Crippen molar-refractivity contribution in [2.45, 2.75) is 38.6 Å². The normalized spacial score (nSPS) is 25.2. The van der Waals surface area contributed by atoms with E-state index in [4.69, 9.17) is 0 Å². The van der Waals surface area contributed by atoms with Crippen LogP contribution in [0.2, 0.25) is 0 Å². The van der Waals surface area contributed by atoms with Gasteiger partial charge in [0.15, 0.2) is 0 Å². The SMILES string of the molecule is Cc1[nH]c2ccc(F)cc2c1CC(=O)N(C)[C@H]1C[C@H]2CNC(=O)C[C@H]2C1. The van der Waals surface area contributed by atoms with Crippen LogP contribution in [0.5, 0.6) is 0 Å². The number of hydrogen-bond donors (Lipinski definition) is 2. The fraction of sp³-hybridized carbons (Fsp3) is 0.500. The molecule has 0 bridgehead atoms. The van der Waals surface area contributed by atoms with Crippen LogP contribution in [-0.2, 0) is 16.0 Å². The summed E-state index contributed by atoms with van der Waals surface area (Å²) in [4.78, 5) is 29.5. The molecule has 1 aromatic heterocycles. The molecule has 2 amide bonds. The van der Waals surface area contributed by atoms with E-state index in [1.54, 1.807) is 6.07 Å². The number of amides is 2. The zero-order chi connectivity index (χ0) is 18.4. The van der Waals surface area contributed by atoms with E-state index in [0.29, 0.717) is 18.3 Å². The number of aromatic amines is 1. The maximum absolute atomic E-state index is 13.6. The fourth-order valence-corrected chi connectivity index (χ4v) is 4.61. The molecular weight excluding hydrogens is 333 g/mol. The van der Waals surface area contributed by atoms with Crippen LogP contribution < -0.4 is 5.32 Å². The van der Waals surface area contributed by atoms with Gasteiger partial charge in [0.05, 0.1) is 6.42 Å². The summed E-state index contributed by atoms with van der Waals surface area (Å²) >= 11 is 0. The van der Waals surface area contributed by atoms with Gasteiger partial charge >= 0.3 is 0 Å². The summed E-state index contributed by atoms with van der Waals surface area (Å²) in [5.41, 5.74) is 2.62. The zero-order valence-electron chi connectivity index (χ0n) is 15.1. The monoisotopic (exact) mass is 357 g/mol. The van der Waals surface area contributed by atoms with E-state index in [2.05, 4.69) is 10.3 Å². The van der Waals surface area contributed by atoms with Crippen LogP contribution in [0.3, 0.4) is 0 Å². The molecule has 0 radical (unpaired) electrons.